The van der Waals surface area contributed by atoms with Gasteiger partial charge in [-0.3, -0.25) is 4.79 Å². The number of nitrogens with one attached hydrogen (secondary N) is 2. The van der Waals surface area contributed by atoms with Crippen molar-refractivity contribution in [1.29, 1.82) is 0 Å². The van der Waals surface area contributed by atoms with Crippen molar-refractivity contribution >= 4 is 11.7 Å². The smallest absolute Gasteiger partial charge is 0.271 e. The Morgan fingerprint density at radius 3 is 2.79 bits per heavy atom. The number of aromatic nitrogens is 2. The summed E-state index contributed by atoms with van der Waals surface area (Å²) < 4.78 is 5.21. The molecular weight excluding hydrogens is 304 g/mol. The van der Waals surface area contributed by atoms with E-state index in [9.17, 15) is 4.79 Å². The first-order chi connectivity index (χ1) is 11.7. The van der Waals surface area contributed by atoms with Gasteiger partial charge in [0.1, 0.15) is 17.3 Å². The fraction of sp³-hybridized carbons (Fsp3) is 0.389. The standard InChI is InChI=1S/C18H24N4O2/c1-3-4-9-20-18(23)16-12-22-17(13-21-16)19-10-8-14-6-5-7-15(11-14)24-2/h5-7,11-13H,3-4,8-10H2,1-2H3,(H,19,22)(H,20,23). The van der Waals surface area contributed by atoms with Crippen LogP contribution in [0.15, 0.2) is 36.7 Å². The van der Waals surface area contributed by atoms with E-state index in [-0.39, 0.29) is 5.91 Å². The van der Waals surface area contributed by atoms with Gasteiger partial charge in [-0.2, -0.15) is 0 Å². The Kier molecular flexibility index (Phi) is 7.01. The van der Waals surface area contributed by atoms with Crippen LogP contribution in [0.25, 0.3) is 0 Å². The topological polar surface area (TPSA) is 76.1 Å². The van der Waals surface area contributed by atoms with Gasteiger partial charge in [0.25, 0.3) is 5.91 Å². The number of carbonyl (C=O) groups is 1. The van der Waals surface area contributed by atoms with Gasteiger partial charge in [-0.25, -0.2) is 9.97 Å². The maximum Gasteiger partial charge on any atom is 0.271 e. The normalized spacial score (nSPS) is 10.2. The Bertz CT molecular complexity index is 644. The van der Waals surface area contributed by atoms with E-state index in [0.29, 0.717) is 18.1 Å². The highest BCUT2D eigenvalue weighted by atomic mass is 16.5. The van der Waals surface area contributed by atoms with Gasteiger partial charge in [-0.1, -0.05) is 25.5 Å². The predicted molar refractivity (Wildman–Crippen MR) is 94.5 cm³/mol. The second-order valence-electron chi connectivity index (χ2n) is 5.42. The van der Waals surface area contributed by atoms with Crippen molar-refractivity contribution in [3.05, 3.63) is 47.9 Å². The molecule has 0 aliphatic carbocycles. The quantitative estimate of drug-likeness (QED) is 0.692. The lowest BCUT2D eigenvalue weighted by molar-refractivity contribution is 0.0948. The second-order valence-corrected chi connectivity index (χ2v) is 5.42. The van der Waals surface area contributed by atoms with Crippen molar-refractivity contribution in [3.8, 4) is 5.75 Å². The Hall–Kier alpha value is -2.63. The molecule has 0 bridgehead atoms. The molecule has 0 saturated carbocycles. The van der Waals surface area contributed by atoms with Gasteiger partial charge in [-0.05, 0) is 30.5 Å². The number of hydrogen-bond acceptors (Lipinski definition) is 5. The number of benzene rings is 1. The Labute approximate surface area is 142 Å². The molecule has 2 N–H and O–H groups in total. The summed E-state index contributed by atoms with van der Waals surface area (Å²) in [7, 11) is 1.66. The van der Waals surface area contributed by atoms with Gasteiger partial charge in [0.05, 0.1) is 19.5 Å². The van der Waals surface area contributed by atoms with Crippen molar-refractivity contribution in [1.82, 2.24) is 15.3 Å². The molecule has 0 atom stereocenters. The SMILES string of the molecule is CCCCNC(=O)c1cnc(NCCc2cccc(OC)c2)cn1. The Morgan fingerprint density at radius 2 is 2.08 bits per heavy atom. The van der Waals surface area contributed by atoms with Crippen LogP contribution in [-0.4, -0.2) is 36.1 Å². The molecule has 6 heteroatoms. The number of anilines is 1. The summed E-state index contributed by atoms with van der Waals surface area (Å²) in [6.07, 6.45) is 5.93. The van der Waals surface area contributed by atoms with Crippen LogP contribution in [0.3, 0.4) is 0 Å². The second kappa shape index (κ2) is 9.50. The number of ether oxygens (including phenoxy) is 1. The third-order valence-electron chi connectivity index (χ3n) is 3.55. The van der Waals surface area contributed by atoms with Gasteiger partial charge in [-0.15, -0.1) is 0 Å². The average molecular weight is 328 g/mol. The summed E-state index contributed by atoms with van der Waals surface area (Å²) in [5, 5.41) is 6.02. The van der Waals surface area contributed by atoms with Crippen molar-refractivity contribution in [2.45, 2.75) is 26.2 Å². The van der Waals surface area contributed by atoms with Gasteiger partial charge < -0.3 is 15.4 Å². The zero-order valence-electron chi connectivity index (χ0n) is 14.2. The molecule has 0 unspecified atom stereocenters. The molecule has 128 valence electrons. The van der Waals surface area contributed by atoms with Crippen LogP contribution in [-0.2, 0) is 6.42 Å². The first kappa shape index (κ1) is 17.7. The van der Waals surface area contributed by atoms with Crippen LogP contribution in [0, 0.1) is 0 Å². The fourth-order valence-corrected chi connectivity index (χ4v) is 2.17. The van der Waals surface area contributed by atoms with Crippen LogP contribution < -0.4 is 15.4 Å². The van der Waals surface area contributed by atoms with Crippen LogP contribution >= 0.6 is 0 Å². The van der Waals surface area contributed by atoms with Gasteiger partial charge in [0.2, 0.25) is 0 Å². The molecular formula is C18H24N4O2. The largest absolute Gasteiger partial charge is 0.497 e. The van der Waals surface area contributed by atoms with E-state index in [1.807, 2.05) is 18.2 Å². The number of hydrogen-bond donors (Lipinski definition) is 2. The molecule has 1 amide bonds. The lowest BCUT2D eigenvalue weighted by Gasteiger charge is -2.07. The summed E-state index contributed by atoms with van der Waals surface area (Å²) in [6, 6.07) is 7.96. The Balaban J connectivity index is 1.80. The maximum atomic E-state index is 11.8. The number of carbonyl (C=O) groups excluding carboxylic acids is 1. The fourth-order valence-electron chi connectivity index (χ4n) is 2.17. The molecule has 0 aliphatic rings. The van der Waals surface area contributed by atoms with E-state index in [4.69, 9.17) is 4.74 Å². The molecule has 24 heavy (non-hydrogen) atoms. The zero-order valence-corrected chi connectivity index (χ0v) is 14.2. The predicted octanol–water partition coefficient (Wildman–Crippen LogP) is 2.67. The van der Waals surface area contributed by atoms with E-state index in [1.54, 1.807) is 13.3 Å². The first-order valence-corrected chi connectivity index (χ1v) is 8.20. The first-order valence-electron chi connectivity index (χ1n) is 8.20. The minimum absolute atomic E-state index is 0.182. The minimum atomic E-state index is -0.182. The van der Waals surface area contributed by atoms with Crippen LogP contribution in [0.4, 0.5) is 5.82 Å². The summed E-state index contributed by atoms with van der Waals surface area (Å²) in [5.41, 5.74) is 1.52. The molecule has 6 nitrogen and oxygen atoms in total. The number of amides is 1. The summed E-state index contributed by atoms with van der Waals surface area (Å²) in [4.78, 5) is 20.2. The highest BCUT2D eigenvalue weighted by molar-refractivity contribution is 5.91. The van der Waals surface area contributed by atoms with Crippen molar-refractivity contribution in [2.75, 3.05) is 25.5 Å². The minimum Gasteiger partial charge on any atom is -0.497 e. The lowest BCUT2D eigenvalue weighted by Crippen LogP contribution is -2.25. The third kappa shape index (κ3) is 5.53. The molecule has 2 rings (SSSR count). The van der Waals surface area contributed by atoms with E-state index in [0.717, 1.165) is 31.6 Å². The number of unbranched alkanes of at least 4 members (excludes halogenated alkanes) is 1. The summed E-state index contributed by atoms with van der Waals surface area (Å²) in [5.74, 6) is 1.33. The van der Waals surface area contributed by atoms with Gasteiger partial charge in [0.15, 0.2) is 0 Å². The number of nitrogens with zero attached hydrogens (tertiary/aromatic N) is 2. The Morgan fingerprint density at radius 1 is 1.21 bits per heavy atom. The summed E-state index contributed by atoms with van der Waals surface area (Å²) >= 11 is 0. The van der Waals surface area contributed by atoms with Crippen LogP contribution in [0.5, 0.6) is 5.75 Å². The highest BCUT2D eigenvalue weighted by Crippen LogP contribution is 2.13. The lowest BCUT2D eigenvalue weighted by atomic mass is 10.1. The van der Waals surface area contributed by atoms with Crippen molar-refractivity contribution < 1.29 is 9.53 Å². The number of methoxy groups -OCH3 is 1. The summed E-state index contributed by atoms with van der Waals surface area (Å²) in [6.45, 7) is 3.47. The van der Waals surface area contributed by atoms with E-state index < -0.39 is 0 Å². The van der Waals surface area contributed by atoms with E-state index in [1.165, 1.54) is 11.8 Å². The molecule has 0 saturated heterocycles. The molecule has 1 heterocycles. The van der Waals surface area contributed by atoms with Crippen molar-refractivity contribution in [2.24, 2.45) is 0 Å². The van der Waals surface area contributed by atoms with E-state index >= 15 is 0 Å². The highest BCUT2D eigenvalue weighted by Gasteiger charge is 2.07. The molecule has 0 fully saturated rings. The molecule has 0 radical (unpaired) electrons. The van der Waals surface area contributed by atoms with Crippen LogP contribution in [0.1, 0.15) is 35.8 Å². The van der Waals surface area contributed by atoms with Crippen LogP contribution in [0.2, 0.25) is 0 Å². The zero-order chi connectivity index (χ0) is 17.2. The average Bonchev–Trinajstić information content (AvgIpc) is 2.62. The molecule has 1 aromatic carbocycles. The third-order valence-corrected chi connectivity index (χ3v) is 3.55. The van der Waals surface area contributed by atoms with Gasteiger partial charge >= 0.3 is 0 Å². The molecule has 2 aromatic rings. The number of rotatable bonds is 9. The molecule has 0 aliphatic heterocycles. The maximum absolute atomic E-state index is 11.8. The van der Waals surface area contributed by atoms with E-state index in [2.05, 4.69) is 33.6 Å². The molecule has 0 spiro atoms. The molecule has 1 aromatic heterocycles. The monoisotopic (exact) mass is 328 g/mol. The van der Waals surface area contributed by atoms with Gasteiger partial charge in [0, 0.05) is 13.1 Å². The van der Waals surface area contributed by atoms with Crippen molar-refractivity contribution in [3.63, 3.8) is 0 Å².